The fourth-order valence-electron chi connectivity index (χ4n) is 2.44. The highest BCUT2D eigenvalue weighted by Gasteiger charge is 2.21. The summed E-state index contributed by atoms with van der Waals surface area (Å²) in [7, 11) is 1.57. The summed E-state index contributed by atoms with van der Waals surface area (Å²) < 4.78 is 11.7. The standard InChI is InChI=1S/C18H19BrO4/c1-3-23-17-15(19)10-12(11-16(17)22-2)9-14(18(20)21)13-7-5-4-6-8-13/h4-8,10-11,14H,3,9H2,1-2H3,(H,20,21). The number of aliphatic carboxylic acids is 1. The predicted octanol–water partition coefficient (Wildman–Crippen LogP) is 4.27. The molecule has 0 aliphatic heterocycles. The van der Waals surface area contributed by atoms with E-state index in [0.29, 0.717) is 24.5 Å². The monoisotopic (exact) mass is 378 g/mol. The Hall–Kier alpha value is -2.01. The van der Waals surface area contributed by atoms with Crippen LogP contribution in [0.4, 0.5) is 0 Å². The van der Waals surface area contributed by atoms with E-state index in [1.54, 1.807) is 7.11 Å². The van der Waals surface area contributed by atoms with Gasteiger partial charge in [-0.2, -0.15) is 0 Å². The molecule has 0 saturated heterocycles. The molecule has 0 spiro atoms. The molecule has 2 aromatic rings. The van der Waals surface area contributed by atoms with Crippen molar-refractivity contribution in [1.82, 2.24) is 0 Å². The summed E-state index contributed by atoms with van der Waals surface area (Å²) in [4.78, 5) is 11.6. The van der Waals surface area contributed by atoms with Gasteiger partial charge in [0.15, 0.2) is 11.5 Å². The maximum absolute atomic E-state index is 11.6. The van der Waals surface area contributed by atoms with Gasteiger partial charge in [0.1, 0.15) is 0 Å². The first-order chi connectivity index (χ1) is 11.1. The van der Waals surface area contributed by atoms with E-state index in [-0.39, 0.29) is 0 Å². The maximum Gasteiger partial charge on any atom is 0.311 e. The second kappa shape index (κ2) is 8.02. The number of methoxy groups -OCH3 is 1. The molecule has 0 amide bonds. The van der Waals surface area contributed by atoms with Gasteiger partial charge in [-0.25, -0.2) is 0 Å². The summed E-state index contributed by atoms with van der Waals surface area (Å²) in [5.41, 5.74) is 1.65. The van der Waals surface area contributed by atoms with E-state index in [4.69, 9.17) is 9.47 Å². The van der Waals surface area contributed by atoms with E-state index in [0.717, 1.165) is 15.6 Å². The molecule has 0 aliphatic rings. The number of carbonyl (C=O) groups is 1. The lowest BCUT2D eigenvalue weighted by atomic mass is 9.92. The van der Waals surface area contributed by atoms with E-state index in [2.05, 4.69) is 15.9 Å². The van der Waals surface area contributed by atoms with Gasteiger partial charge in [-0.3, -0.25) is 4.79 Å². The zero-order valence-corrected chi connectivity index (χ0v) is 14.7. The maximum atomic E-state index is 11.6. The third-order valence-electron chi connectivity index (χ3n) is 3.52. The van der Waals surface area contributed by atoms with E-state index in [1.807, 2.05) is 49.4 Å². The number of hydrogen-bond donors (Lipinski definition) is 1. The van der Waals surface area contributed by atoms with Crippen molar-refractivity contribution in [2.45, 2.75) is 19.3 Å². The van der Waals surface area contributed by atoms with Crippen molar-refractivity contribution in [1.29, 1.82) is 0 Å². The van der Waals surface area contributed by atoms with Crippen LogP contribution in [0.1, 0.15) is 24.0 Å². The van der Waals surface area contributed by atoms with E-state index in [9.17, 15) is 9.90 Å². The first-order valence-corrected chi connectivity index (χ1v) is 8.13. The van der Waals surface area contributed by atoms with E-state index < -0.39 is 11.9 Å². The molecule has 0 saturated carbocycles. The summed E-state index contributed by atoms with van der Waals surface area (Å²) >= 11 is 3.47. The van der Waals surface area contributed by atoms with Crippen LogP contribution in [0.15, 0.2) is 46.9 Å². The molecule has 122 valence electrons. The van der Waals surface area contributed by atoms with Crippen molar-refractivity contribution < 1.29 is 19.4 Å². The third-order valence-corrected chi connectivity index (χ3v) is 4.11. The summed E-state index contributed by atoms with van der Waals surface area (Å²) in [6.07, 6.45) is 0.376. The van der Waals surface area contributed by atoms with Crippen molar-refractivity contribution in [3.63, 3.8) is 0 Å². The Morgan fingerprint density at radius 1 is 1.26 bits per heavy atom. The number of benzene rings is 2. The molecule has 0 aromatic heterocycles. The molecule has 1 unspecified atom stereocenters. The quantitative estimate of drug-likeness (QED) is 0.781. The number of carboxylic acid groups (broad SMARTS) is 1. The van der Waals surface area contributed by atoms with Gasteiger partial charge >= 0.3 is 5.97 Å². The number of halogens is 1. The molecule has 0 bridgehead atoms. The zero-order chi connectivity index (χ0) is 16.8. The molecule has 23 heavy (non-hydrogen) atoms. The Morgan fingerprint density at radius 2 is 1.96 bits per heavy atom. The highest BCUT2D eigenvalue weighted by Crippen LogP contribution is 2.37. The van der Waals surface area contributed by atoms with Crippen molar-refractivity contribution in [3.05, 3.63) is 58.1 Å². The summed E-state index contributed by atoms with van der Waals surface area (Å²) in [5.74, 6) is -0.232. The van der Waals surface area contributed by atoms with E-state index in [1.165, 1.54) is 0 Å². The summed E-state index contributed by atoms with van der Waals surface area (Å²) in [6.45, 7) is 2.42. The first-order valence-electron chi connectivity index (χ1n) is 7.33. The molecule has 0 aliphatic carbocycles. The van der Waals surface area contributed by atoms with Crippen molar-refractivity contribution in [2.75, 3.05) is 13.7 Å². The molecule has 1 N–H and O–H groups in total. The topological polar surface area (TPSA) is 55.8 Å². The molecule has 2 aromatic carbocycles. The third kappa shape index (κ3) is 4.26. The number of ether oxygens (including phenoxy) is 2. The Balaban J connectivity index is 2.34. The number of rotatable bonds is 7. The van der Waals surface area contributed by atoms with E-state index >= 15 is 0 Å². The minimum absolute atomic E-state index is 0.376. The van der Waals surface area contributed by atoms with Gasteiger partial charge in [0.05, 0.1) is 24.1 Å². The normalized spacial score (nSPS) is 11.8. The largest absolute Gasteiger partial charge is 0.493 e. The highest BCUT2D eigenvalue weighted by molar-refractivity contribution is 9.10. The minimum atomic E-state index is -0.847. The number of carboxylic acids is 1. The first kappa shape index (κ1) is 17.3. The molecule has 5 heteroatoms. The molecule has 4 nitrogen and oxygen atoms in total. The van der Waals surface area contributed by atoms with Crippen molar-refractivity contribution in [3.8, 4) is 11.5 Å². The SMILES string of the molecule is CCOc1c(Br)cc(CC(C(=O)O)c2ccccc2)cc1OC. The van der Waals surface area contributed by atoms with Gasteiger partial charge in [-0.05, 0) is 52.5 Å². The van der Waals surface area contributed by atoms with Crippen LogP contribution in [0.2, 0.25) is 0 Å². The van der Waals surface area contributed by atoms with Gasteiger partial charge in [0.2, 0.25) is 0 Å². The van der Waals surface area contributed by atoms with Crippen LogP contribution in [-0.2, 0) is 11.2 Å². The van der Waals surface area contributed by atoms with Crippen LogP contribution in [-0.4, -0.2) is 24.8 Å². The molecule has 1 atom stereocenters. The van der Waals surface area contributed by atoms with Gasteiger partial charge in [0, 0.05) is 0 Å². The zero-order valence-electron chi connectivity index (χ0n) is 13.1. The van der Waals surface area contributed by atoms with Gasteiger partial charge in [-0.1, -0.05) is 30.3 Å². The Labute approximate surface area is 144 Å². The summed E-state index contributed by atoms with van der Waals surface area (Å²) in [6, 6.07) is 12.9. The van der Waals surface area contributed by atoms with Crippen molar-refractivity contribution >= 4 is 21.9 Å². The average Bonchev–Trinajstić information content (AvgIpc) is 2.55. The van der Waals surface area contributed by atoms with Crippen LogP contribution in [0, 0.1) is 0 Å². The number of hydrogen-bond acceptors (Lipinski definition) is 3. The fourth-order valence-corrected chi connectivity index (χ4v) is 3.05. The fraction of sp³-hybridized carbons (Fsp3) is 0.278. The average molecular weight is 379 g/mol. The lowest BCUT2D eigenvalue weighted by Gasteiger charge is -2.16. The molecule has 2 rings (SSSR count). The second-order valence-electron chi connectivity index (χ2n) is 5.05. The lowest BCUT2D eigenvalue weighted by Crippen LogP contribution is -2.14. The Morgan fingerprint density at radius 3 is 2.52 bits per heavy atom. The lowest BCUT2D eigenvalue weighted by molar-refractivity contribution is -0.138. The van der Waals surface area contributed by atoms with Crippen LogP contribution >= 0.6 is 15.9 Å². The van der Waals surface area contributed by atoms with Crippen molar-refractivity contribution in [2.24, 2.45) is 0 Å². The van der Waals surface area contributed by atoms with Crippen LogP contribution in [0.25, 0.3) is 0 Å². The van der Waals surface area contributed by atoms with Gasteiger partial charge in [-0.15, -0.1) is 0 Å². The molecule has 0 fully saturated rings. The molecule has 0 heterocycles. The molecular formula is C18H19BrO4. The Kier molecular flexibility index (Phi) is 6.04. The second-order valence-corrected chi connectivity index (χ2v) is 5.90. The van der Waals surface area contributed by atoms with Crippen LogP contribution in [0.3, 0.4) is 0 Å². The van der Waals surface area contributed by atoms with Gasteiger partial charge in [0.25, 0.3) is 0 Å². The smallest absolute Gasteiger partial charge is 0.311 e. The molecule has 0 radical (unpaired) electrons. The van der Waals surface area contributed by atoms with Crippen LogP contribution < -0.4 is 9.47 Å². The van der Waals surface area contributed by atoms with Crippen LogP contribution in [0.5, 0.6) is 11.5 Å². The highest BCUT2D eigenvalue weighted by atomic mass is 79.9. The predicted molar refractivity (Wildman–Crippen MR) is 92.4 cm³/mol. The Bertz CT molecular complexity index is 670. The molecular weight excluding hydrogens is 360 g/mol. The minimum Gasteiger partial charge on any atom is -0.493 e. The summed E-state index contributed by atoms with van der Waals surface area (Å²) in [5, 5.41) is 9.55. The van der Waals surface area contributed by atoms with Gasteiger partial charge < -0.3 is 14.6 Å².